The number of benzene rings is 2. The molecule has 0 radical (unpaired) electrons. The zero-order chi connectivity index (χ0) is 22.9. The number of ether oxygens (including phenoxy) is 2. The molecule has 8 heteroatoms. The van der Waals surface area contributed by atoms with E-state index in [0.717, 1.165) is 22.3 Å². The average molecular weight is 450 g/mol. The lowest BCUT2D eigenvalue weighted by atomic mass is 9.98. The number of amides is 2. The second kappa shape index (κ2) is 8.86. The molecule has 33 heavy (non-hydrogen) atoms. The van der Waals surface area contributed by atoms with Gasteiger partial charge >= 0.3 is 12.1 Å². The van der Waals surface area contributed by atoms with Crippen LogP contribution < -0.4 is 5.32 Å². The first-order valence-corrected chi connectivity index (χ1v) is 11.3. The lowest BCUT2D eigenvalue weighted by Gasteiger charge is -2.24. The third-order valence-corrected chi connectivity index (χ3v) is 6.83. The molecule has 2 aromatic rings. The molecule has 3 atom stereocenters. The second-order valence-electron chi connectivity index (χ2n) is 8.76. The Morgan fingerprint density at radius 3 is 2.33 bits per heavy atom. The summed E-state index contributed by atoms with van der Waals surface area (Å²) in [6.45, 7) is 1.10. The van der Waals surface area contributed by atoms with Gasteiger partial charge in [-0.25, -0.2) is 4.79 Å². The van der Waals surface area contributed by atoms with E-state index in [0.29, 0.717) is 26.0 Å². The summed E-state index contributed by atoms with van der Waals surface area (Å²) in [6.07, 6.45) is -0.484. The molecule has 0 saturated carbocycles. The lowest BCUT2D eigenvalue weighted by molar-refractivity contribution is -0.143. The molecule has 2 saturated heterocycles. The number of carboxylic acid groups (broad SMARTS) is 1. The molecule has 2 N–H and O–H groups in total. The number of aliphatic carboxylic acids is 1. The van der Waals surface area contributed by atoms with E-state index in [-0.39, 0.29) is 25.0 Å². The van der Waals surface area contributed by atoms with Gasteiger partial charge in [0.05, 0.1) is 12.0 Å². The Morgan fingerprint density at radius 1 is 1.03 bits per heavy atom. The smallest absolute Gasteiger partial charge is 0.407 e. The largest absolute Gasteiger partial charge is 0.481 e. The molecule has 2 aliphatic heterocycles. The number of carboxylic acids is 1. The third-order valence-electron chi connectivity index (χ3n) is 6.83. The van der Waals surface area contributed by atoms with Gasteiger partial charge in [0.15, 0.2) is 6.10 Å². The highest BCUT2D eigenvalue weighted by Gasteiger charge is 2.41. The van der Waals surface area contributed by atoms with Crippen molar-refractivity contribution < 1.29 is 29.0 Å². The quantitative estimate of drug-likeness (QED) is 0.726. The number of nitrogens with one attached hydrogen (secondary N) is 1. The van der Waals surface area contributed by atoms with Crippen LogP contribution in [0, 0.1) is 5.92 Å². The first-order valence-electron chi connectivity index (χ1n) is 11.3. The molecular formula is C25H26N2O6. The molecule has 2 aromatic carbocycles. The maximum atomic E-state index is 12.9. The van der Waals surface area contributed by atoms with Crippen LogP contribution in [-0.2, 0) is 19.1 Å². The van der Waals surface area contributed by atoms with E-state index in [2.05, 4.69) is 29.6 Å². The highest BCUT2D eigenvalue weighted by atomic mass is 16.6. The number of hydrogen-bond acceptors (Lipinski definition) is 5. The zero-order valence-corrected chi connectivity index (χ0v) is 18.1. The summed E-state index contributed by atoms with van der Waals surface area (Å²) in [5.41, 5.74) is 4.57. The predicted octanol–water partition coefficient (Wildman–Crippen LogP) is 2.62. The second-order valence-corrected chi connectivity index (χ2v) is 8.76. The fourth-order valence-corrected chi connectivity index (χ4v) is 5.11. The number of carbonyl (C=O) groups is 3. The zero-order valence-electron chi connectivity index (χ0n) is 18.1. The SMILES string of the molecule is O=C(N[C@@H]1CCO[C@@H]1C(=O)N1CCC(C(=O)O)C1)OCC1c2ccccc2-c2ccccc21. The Morgan fingerprint density at radius 2 is 1.70 bits per heavy atom. The first kappa shape index (κ1) is 21.5. The van der Waals surface area contributed by atoms with Crippen molar-refractivity contribution in [1.82, 2.24) is 10.2 Å². The lowest BCUT2D eigenvalue weighted by Crippen LogP contribution is -2.49. The Kier molecular flexibility index (Phi) is 5.76. The number of hydrogen-bond donors (Lipinski definition) is 2. The van der Waals surface area contributed by atoms with Gasteiger partial charge in [-0.2, -0.15) is 0 Å². The molecule has 0 spiro atoms. The Balaban J connectivity index is 1.20. The van der Waals surface area contributed by atoms with Crippen LogP contribution in [0.2, 0.25) is 0 Å². The van der Waals surface area contributed by atoms with Crippen molar-refractivity contribution in [3.8, 4) is 11.1 Å². The Bertz CT molecular complexity index is 1040. The van der Waals surface area contributed by atoms with Crippen molar-refractivity contribution in [2.75, 3.05) is 26.3 Å². The predicted molar refractivity (Wildman–Crippen MR) is 119 cm³/mol. The van der Waals surface area contributed by atoms with Gasteiger partial charge < -0.3 is 24.8 Å². The van der Waals surface area contributed by atoms with Crippen LogP contribution in [0.5, 0.6) is 0 Å². The standard InChI is InChI=1S/C25H26N2O6/c28-23(27-11-9-15(13-27)24(29)30)22-21(10-12-32-22)26-25(31)33-14-20-18-7-3-1-5-16(18)17-6-2-4-8-19(17)20/h1-8,15,20-22H,9-14H2,(H,26,31)(H,29,30)/t15?,21-,22+/m1/s1. The summed E-state index contributed by atoms with van der Waals surface area (Å²) in [6, 6.07) is 15.7. The molecule has 8 nitrogen and oxygen atoms in total. The van der Waals surface area contributed by atoms with Crippen LogP contribution >= 0.6 is 0 Å². The van der Waals surface area contributed by atoms with Crippen molar-refractivity contribution in [2.24, 2.45) is 5.92 Å². The normalized spacial score (nSPS) is 23.8. The summed E-state index contributed by atoms with van der Waals surface area (Å²) in [5, 5.41) is 12.0. The van der Waals surface area contributed by atoms with Crippen LogP contribution in [0.15, 0.2) is 48.5 Å². The molecule has 2 heterocycles. The van der Waals surface area contributed by atoms with Gasteiger partial charge in [0.25, 0.3) is 5.91 Å². The fraction of sp³-hybridized carbons (Fsp3) is 0.400. The van der Waals surface area contributed by atoms with E-state index < -0.39 is 30.1 Å². The van der Waals surface area contributed by atoms with Crippen LogP contribution in [0.25, 0.3) is 11.1 Å². The van der Waals surface area contributed by atoms with Crippen molar-refractivity contribution in [2.45, 2.75) is 30.9 Å². The van der Waals surface area contributed by atoms with E-state index in [1.807, 2.05) is 24.3 Å². The Hall–Kier alpha value is -3.39. The maximum absolute atomic E-state index is 12.9. The minimum atomic E-state index is -0.897. The van der Waals surface area contributed by atoms with E-state index in [1.54, 1.807) is 0 Å². The van der Waals surface area contributed by atoms with Crippen molar-refractivity contribution in [3.63, 3.8) is 0 Å². The van der Waals surface area contributed by atoms with Crippen molar-refractivity contribution in [1.29, 1.82) is 0 Å². The van der Waals surface area contributed by atoms with Gasteiger partial charge in [-0.1, -0.05) is 48.5 Å². The van der Waals surface area contributed by atoms with Crippen LogP contribution in [0.4, 0.5) is 4.79 Å². The van der Waals surface area contributed by atoms with Gasteiger partial charge in [-0.05, 0) is 35.1 Å². The summed E-state index contributed by atoms with van der Waals surface area (Å²) < 4.78 is 11.2. The molecule has 0 bridgehead atoms. The first-order chi connectivity index (χ1) is 16.0. The van der Waals surface area contributed by atoms with Crippen LogP contribution in [0.1, 0.15) is 29.9 Å². The third kappa shape index (κ3) is 4.06. The molecule has 5 rings (SSSR count). The number of nitrogens with zero attached hydrogens (tertiary/aromatic N) is 1. The van der Waals surface area contributed by atoms with E-state index in [1.165, 1.54) is 4.90 Å². The Labute approximate surface area is 191 Å². The van der Waals surface area contributed by atoms with Crippen LogP contribution in [0.3, 0.4) is 0 Å². The molecule has 2 amide bonds. The van der Waals surface area contributed by atoms with E-state index >= 15 is 0 Å². The summed E-state index contributed by atoms with van der Waals surface area (Å²) in [4.78, 5) is 38.2. The monoisotopic (exact) mass is 450 g/mol. The minimum absolute atomic E-state index is 0.0436. The molecule has 3 aliphatic rings. The number of likely N-dealkylation sites (tertiary alicyclic amines) is 1. The summed E-state index contributed by atoms with van der Waals surface area (Å²) in [5.74, 6) is -1.77. The number of fused-ring (bicyclic) bond motifs is 3. The number of rotatable bonds is 5. The highest BCUT2D eigenvalue weighted by Crippen LogP contribution is 2.44. The average Bonchev–Trinajstić information content (AvgIpc) is 3.55. The van der Waals surface area contributed by atoms with Gasteiger partial charge in [-0.15, -0.1) is 0 Å². The summed E-state index contributed by atoms with van der Waals surface area (Å²) in [7, 11) is 0. The van der Waals surface area contributed by atoms with E-state index in [9.17, 15) is 19.5 Å². The number of alkyl carbamates (subject to hydrolysis) is 1. The van der Waals surface area contributed by atoms with Gasteiger partial charge in [-0.3, -0.25) is 9.59 Å². The van der Waals surface area contributed by atoms with Gasteiger partial charge in [0.1, 0.15) is 6.61 Å². The molecule has 0 aromatic heterocycles. The topological polar surface area (TPSA) is 105 Å². The summed E-state index contributed by atoms with van der Waals surface area (Å²) >= 11 is 0. The highest BCUT2D eigenvalue weighted by molar-refractivity contribution is 5.84. The molecule has 2 fully saturated rings. The molecular weight excluding hydrogens is 424 g/mol. The van der Waals surface area contributed by atoms with Gasteiger partial charge in [0.2, 0.25) is 0 Å². The number of carbonyl (C=O) groups excluding carboxylic acids is 2. The molecule has 1 unspecified atom stereocenters. The molecule has 172 valence electrons. The minimum Gasteiger partial charge on any atom is -0.481 e. The molecule has 1 aliphatic carbocycles. The van der Waals surface area contributed by atoms with Crippen molar-refractivity contribution in [3.05, 3.63) is 59.7 Å². The van der Waals surface area contributed by atoms with Crippen LogP contribution in [-0.4, -0.2) is 66.4 Å². The van der Waals surface area contributed by atoms with Crippen molar-refractivity contribution >= 4 is 18.0 Å². The maximum Gasteiger partial charge on any atom is 0.407 e. The fourth-order valence-electron chi connectivity index (χ4n) is 5.11. The van der Waals surface area contributed by atoms with E-state index in [4.69, 9.17) is 9.47 Å². The van der Waals surface area contributed by atoms with Gasteiger partial charge in [0, 0.05) is 25.6 Å².